The van der Waals surface area contributed by atoms with Gasteiger partial charge in [-0.25, -0.2) is 4.79 Å². The number of carbonyl (C=O) groups excluding carboxylic acids is 1. The molecule has 84 valence electrons. The van der Waals surface area contributed by atoms with Crippen LogP contribution in [0.5, 0.6) is 0 Å². The quantitative estimate of drug-likeness (QED) is 0.682. The van der Waals surface area contributed by atoms with Crippen molar-refractivity contribution in [3.8, 4) is 0 Å². The summed E-state index contributed by atoms with van der Waals surface area (Å²) in [5.41, 5.74) is 6.26. The molecular formula is C9H16N4O2. The van der Waals surface area contributed by atoms with Crippen LogP contribution in [0.25, 0.3) is 0 Å². The number of hydrogen-bond donors (Lipinski definition) is 3. The molecule has 0 spiro atoms. The number of aromatic nitrogens is 2. The lowest BCUT2D eigenvalue weighted by Gasteiger charge is -2.19. The first kappa shape index (κ1) is 11.4. The fourth-order valence-corrected chi connectivity index (χ4v) is 0.939. The summed E-state index contributed by atoms with van der Waals surface area (Å²) >= 11 is 0. The topological polar surface area (TPSA) is 93.0 Å². The summed E-state index contributed by atoms with van der Waals surface area (Å²) in [5, 5.41) is 8.98. The lowest BCUT2D eigenvalue weighted by atomic mass is 10.2. The van der Waals surface area contributed by atoms with E-state index < -0.39 is 11.7 Å². The predicted molar refractivity (Wildman–Crippen MR) is 56.1 cm³/mol. The van der Waals surface area contributed by atoms with Gasteiger partial charge in [-0.2, -0.15) is 5.10 Å². The number of nitrogens with one attached hydrogen (secondary N) is 2. The Hall–Kier alpha value is -1.72. The normalized spacial score (nSPS) is 11.1. The molecule has 0 saturated heterocycles. The Morgan fingerprint density at radius 2 is 2.33 bits per heavy atom. The van der Waals surface area contributed by atoms with Crippen LogP contribution in [0, 0.1) is 0 Å². The summed E-state index contributed by atoms with van der Waals surface area (Å²) in [6, 6.07) is 0. The molecule has 6 nitrogen and oxygen atoms in total. The van der Waals surface area contributed by atoms with Crippen LogP contribution >= 0.6 is 0 Å². The van der Waals surface area contributed by atoms with Crippen molar-refractivity contribution in [2.24, 2.45) is 0 Å². The molecule has 0 saturated carbocycles. The maximum absolute atomic E-state index is 11.3. The molecule has 1 amide bonds. The van der Waals surface area contributed by atoms with Gasteiger partial charge in [-0.1, -0.05) is 0 Å². The van der Waals surface area contributed by atoms with Gasteiger partial charge in [-0.3, -0.25) is 5.10 Å². The van der Waals surface area contributed by atoms with Crippen molar-refractivity contribution in [1.29, 1.82) is 0 Å². The van der Waals surface area contributed by atoms with Crippen LogP contribution in [0.1, 0.15) is 26.5 Å². The number of nitrogens with zero attached hydrogens (tertiary/aromatic N) is 1. The average molecular weight is 212 g/mol. The minimum Gasteiger partial charge on any atom is -0.444 e. The number of H-pyrrole nitrogens is 1. The molecule has 15 heavy (non-hydrogen) atoms. The van der Waals surface area contributed by atoms with E-state index in [2.05, 4.69) is 15.5 Å². The molecule has 0 aliphatic heterocycles. The van der Waals surface area contributed by atoms with Crippen molar-refractivity contribution in [3.63, 3.8) is 0 Å². The van der Waals surface area contributed by atoms with E-state index in [9.17, 15) is 4.79 Å². The fraction of sp³-hybridized carbons (Fsp3) is 0.556. The minimum absolute atomic E-state index is 0.279. The Kier molecular flexibility index (Phi) is 3.18. The number of nitrogens with two attached hydrogens (primary N) is 1. The maximum Gasteiger partial charge on any atom is 0.407 e. The first-order valence-corrected chi connectivity index (χ1v) is 4.63. The molecule has 4 N–H and O–H groups in total. The van der Waals surface area contributed by atoms with Crippen molar-refractivity contribution in [1.82, 2.24) is 15.5 Å². The van der Waals surface area contributed by atoms with Crippen LogP contribution in [-0.4, -0.2) is 21.9 Å². The molecule has 1 rings (SSSR count). The van der Waals surface area contributed by atoms with E-state index in [4.69, 9.17) is 10.5 Å². The predicted octanol–water partition coefficient (Wildman–Crippen LogP) is 1.02. The third-order valence-corrected chi connectivity index (χ3v) is 1.56. The maximum atomic E-state index is 11.3. The highest BCUT2D eigenvalue weighted by Crippen LogP contribution is 2.08. The van der Waals surface area contributed by atoms with Gasteiger partial charge in [0.25, 0.3) is 0 Å². The Balaban J connectivity index is 2.38. The number of carbonyl (C=O) groups is 1. The molecule has 0 radical (unpaired) electrons. The summed E-state index contributed by atoms with van der Waals surface area (Å²) in [6.07, 6.45) is 1.02. The number of hydrogen-bond acceptors (Lipinski definition) is 4. The second-order valence-electron chi connectivity index (χ2n) is 4.16. The number of aromatic amines is 1. The van der Waals surface area contributed by atoms with Crippen LogP contribution in [-0.2, 0) is 11.3 Å². The van der Waals surface area contributed by atoms with Crippen molar-refractivity contribution < 1.29 is 9.53 Å². The highest BCUT2D eigenvalue weighted by atomic mass is 16.6. The third kappa shape index (κ3) is 3.88. The van der Waals surface area contributed by atoms with E-state index in [0.717, 1.165) is 0 Å². The van der Waals surface area contributed by atoms with Crippen LogP contribution in [0.2, 0.25) is 0 Å². The van der Waals surface area contributed by atoms with Gasteiger partial charge >= 0.3 is 6.09 Å². The summed E-state index contributed by atoms with van der Waals surface area (Å²) in [7, 11) is 0. The van der Waals surface area contributed by atoms with Gasteiger partial charge in [-0.15, -0.1) is 0 Å². The lowest BCUT2D eigenvalue weighted by Crippen LogP contribution is -2.32. The second-order valence-corrected chi connectivity index (χ2v) is 4.16. The van der Waals surface area contributed by atoms with E-state index in [1.54, 1.807) is 20.8 Å². The molecular weight excluding hydrogens is 196 g/mol. The number of alkyl carbamates (subject to hydrolysis) is 1. The monoisotopic (exact) mass is 212 g/mol. The largest absolute Gasteiger partial charge is 0.444 e. The average Bonchev–Trinajstić information content (AvgIpc) is 2.44. The molecule has 1 heterocycles. The fourth-order valence-electron chi connectivity index (χ4n) is 0.939. The van der Waals surface area contributed by atoms with Gasteiger partial charge < -0.3 is 15.8 Å². The number of nitrogen functional groups attached to an aromatic ring is 1. The lowest BCUT2D eigenvalue weighted by molar-refractivity contribution is 0.0523. The highest BCUT2D eigenvalue weighted by Gasteiger charge is 2.16. The van der Waals surface area contributed by atoms with Crippen LogP contribution < -0.4 is 11.1 Å². The van der Waals surface area contributed by atoms with Gasteiger partial charge in [0.2, 0.25) is 0 Å². The first-order valence-electron chi connectivity index (χ1n) is 4.63. The molecule has 0 unspecified atom stereocenters. The summed E-state index contributed by atoms with van der Waals surface area (Å²) in [4.78, 5) is 11.3. The minimum atomic E-state index is -0.496. The van der Waals surface area contributed by atoms with Gasteiger partial charge in [-0.05, 0) is 20.8 Å². The van der Waals surface area contributed by atoms with E-state index >= 15 is 0 Å². The smallest absolute Gasteiger partial charge is 0.407 e. The van der Waals surface area contributed by atoms with Crippen LogP contribution in [0.4, 0.5) is 10.5 Å². The molecule has 1 aromatic heterocycles. The molecule has 0 aliphatic rings. The second kappa shape index (κ2) is 4.20. The zero-order chi connectivity index (χ0) is 11.5. The summed E-state index contributed by atoms with van der Waals surface area (Å²) in [6.45, 7) is 5.69. The van der Waals surface area contributed by atoms with Gasteiger partial charge in [0, 0.05) is 0 Å². The van der Waals surface area contributed by atoms with E-state index in [1.165, 1.54) is 6.20 Å². The van der Waals surface area contributed by atoms with Crippen molar-refractivity contribution in [2.75, 3.05) is 5.73 Å². The summed E-state index contributed by atoms with van der Waals surface area (Å²) < 4.78 is 5.05. The number of anilines is 1. The van der Waals surface area contributed by atoms with E-state index in [0.29, 0.717) is 11.4 Å². The third-order valence-electron chi connectivity index (χ3n) is 1.56. The summed E-state index contributed by atoms with van der Waals surface area (Å²) in [5.74, 6) is 0. The van der Waals surface area contributed by atoms with E-state index in [1.807, 2.05) is 0 Å². The van der Waals surface area contributed by atoms with E-state index in [-0.39, 0.29) is 6.54 Å². The van der Waals surface area contributed by atoms with Crippen LogP contribution in [0.3, 0.4) is 0 Å². The standard InChI is InChI=1S/C9H16N4O2/c1-9(2,3)15-8(14)11-5-7-6(10)4-12-13-7/h4H,5,10H2,1-3H3,(H,11,14)(H,12,13). The SMILES string of the molecule is CC(C)(C)OC(=O)NCc1[nH]ncc1N. The van der Waals surface area contributed by atoms with Crippen molar-refractivity contribution in [3.05, 3.63) is 11.9 Å². The Morgan fingerprint density at radius 1 is 1.67 bits per heavy atom. The molecule has 0 aliphatic carbocycles. The zero-order valence-corrected chi connectivity index (χ0v) is 9.13. The molecule has 0 atom stereocenters. The Labute approximate surface area is 88.2 Å². The van der Waals surface area contributed by atoms with Gasteiger partial charge in [0.15, 0.2) is 0 Å². The molecule has 1 aromatic rings. The molecule has 0 fully saturated rings. The van der Waals surface area contributed by atoms with Gasteiger partial charge in [0.1, 0.15) is 5.60 Å². The Bertz CT molecular complexity index is 340. The number of amides is 1. The number of rotatable bonds is 2. The zero-order valence-electron chi connectivity index (χ0n) is 9.13. The first-order chi connectivity index (χ1) is 6.88. The Morgan fingerprint density at radius 3 is 2.80 bits per heavy atom. The molecule has 6 heteroatoms. The van der Waals surface area contributed by atoms with Crippen molar-refractivity contribution in [2.45, 2.75) is 32.9 Å². The number of ether oxygens (including phenoxy) is 1. The van der Waals surface area contributed by atoms with Crippen molar-refractivity contribution >= 4 is 11.8 Å². The molecule has 0 aromatic carbocycles. The molecule has 0 bridgehead atoms. The van der Waals surface area contributed by atoms with Gasteiger partial charge in [0.05, 0.1) is 24.1 Å². The highest BCUT2D eigenvalue weighted by molar-refractivity contribution is 5.67. The van der Waals surface area contributed by atoms with Crippen LogP contribution in [0.15, 0.2) is 6.20 Å².